The number of nitrogens with two attached hydrogens (primary N) is 1. The van der Waals surface area contributed by atoms with Crippen LogP contribution < -0.4 is 21.9 Å². The third-order valence-corrected chi connectivity index (χ3v) is 5.65. The number of anilines is 1. The number of hydrogen-bond donors (Lipinski definition) is 2. The summed E-state index contributed by atoms with van der Waals surface area (Å²) < 4.78 is 16.1. The molecular weight excluding hydrogens is 315 g/mol. The summed E-state index contributed by atoms with van der Waals surface area (Å²) in [6, 6.07) is 2.86. The molecule has 0 amide bonds. The zero-order chi connectivity index (χ0) is 16.7. The van der Waals surface area contributed by atoms with Crippen molar-refractivity contribution in [1.29, 1.82) is 0 Å². The molecule has 24 heavy (non-hydrogen) atoms. The summed E-state index contributed by atoms with van der Waals surface area (Å²) >= 11 is 0. The van der Waals surface area contributed by atoms with E-state index in [4.69, 9.17) is 5.73 Å². The lowest BCUT2D eigenvalue weighted by atomic mass is 10.2. The minimum Gasteiger partial charge on any atom is -0.421 e. The fraction of sp³-hybridized carbons (Fsp3) is 0.500. The summed E-state index contributed by atoms with van der Waals surface area (Å²) in [6.07, 6.45) is 1.62. The van der Waals surface area contributed by atoms with Crippen molar-refractivity contribution in [3.63, 3.8) is 0 Å². The predicted molar refractivity (Wildman–Crippen MR) is 85.0 cm³/mol. The Morgan fingerprint density at radius 1 is 1.17 bits per heavy atom. The van der Waals surface area contributed by atoms with E-state index in [-0.39, 0.29) is 22.2 Å². The maximum absolute atomic E-state index is 14.6. The minimum atomic E-state index is -0.886. The van der Waals surface area contributed by atoms with Crippen LogP contribution in [0.2, 0.25) is 0 Å². The van der Waals surface area contributed by atoms with Crippen LogP contribution in [-0.2, 0) is 0 Å². The van der Waals surface area contributed by atoms with Gasteiger partial charge < -0.3 is 15.8 Å². The summed E-state index contributed by atoms with van der Waals surface area (Å²) in [5, 5.41) is 9.75. The number of piperidine rings is 1. The molecule has 0 bridgehead atoms. The molecule has 3 atom stereocenters. The maximum atomic E-state index is 14.6. The van der Waals surface area contributed by atoms with Gasteiger partial charge in [-0.25, -0.2) is 9.18 Å². The Kier molecular flexibility index (Phi) is 2.56. The van der Waals surface area contributed by atoms with Crippen LogP contribution in [0.25, 0.3) is 10.9 Å². The van der Waals surface area contributed by atoms with Gasteiger partial charge in [-0.15, -0.1) is 0 Å². The highest BCUT2D eigenvalue weighted by Gasteiger charge is 2.54. The molecule has 3 fully saturated rings. The van der Waals surface area contributed by atoms with Gasteiger partial charge in [0.2, 0.25) is 0 Å². The van der Waals surface area contributed by atoms with E-state index in [1.54, 1.807) is 6.07 Å². The van der Waals surface area contributed by atoms with Crippen molar-refractivity contribution in [2.24, 2.45) is 17.6 Å². The van der Waals surface area contributed by atoms with Gasteiger partial charge in [0.1, 0.15) is 5.82 Å². The Morgan fingerprint density at radius 3 is 2.46 bits per heavy atom. The number of rotatable bonds is 2. The molecule has 0 radical (unpaired) electrons. The average Bonchev–Trinajstić information content (AvgIpc) is 3.44. The predicted octanol–water partition coefficient (Wildman–Crippen LogP) is 0.268. The van der Waals surface area contributed by atoms with Crippen LogP contribution in [0, 0.1) is 17.7 Å². The third kappa shape index (κ3) is 1.74. The van der Waals surface area contributed by atoms with E-state index in [0.717, 1.165) is 18.9 Å². The zero-order valence-electron chi connectivity index (χ0n) is 12.9. The van der Waals surface area contributed by atoms with E-state index in [1.807, 2.05) is 4.90 Å². The van der Waals surface area contributed by atoms with Crippen molar-refractivity contribution < 1.29 is 9.60 Å². The van der Waals surface area contributed by atoms with Crippen molar-refractivity contribution in [3.8, 4) is 0 Å². The highest BCUT2D eigenvalue weighted by atomic mass is 19.1. The fourth-order valence-corrected chi connectivity index (χ4v) is 4.02. The van der Waals surface area contributed by atoms with Crippen molar-refractivity contribution in [2.75, 3.05) is 18.0 Å². The molecule has 0 spiro atoms. The fourth-order valence-electron chi connectivity index (χ4n) is 4.02. The normalized spacial score (nSPS) is 28.4. The molecule has 2 saturated carbocycles. The summed E-state index contributed by atoms with van der Waals surface area (Å²) in [4.78, 5) is 26.3. The van der Waals surface area contributed by atoms with Crippen LogP contribution in [0.5, 0.6) is 0 Å². The lowest BCUT2D eigenvalue weighted by Crippen LogP contribution is -2.38. The number of aromatic nitrogens is 2. The number of halogens is 1. The first-order chi connectivity index (χ1) is 11.5. The molecule has 3 aliphatic rings. The Labute approximate surface area is 135 Å². The van der Waals surface area contributed by atoms with Gasteiger partial charge in [0.05, 0.1) is 16.6 Å². The Hall–Kier alpha value is -2.35. The number of nitrogens with zero attached hydrogens (tertiary/aromatic N) is 3. The molecule has 2 aliphatic carbocycles. The molecular formula is C16H17FN4O3. The van der Waals surface area contributed by atoms with Gasteiger partial charge in [-0.2, -0.15) is 0 Å². The van der Waals surface area contributed by atoms with Gasteiger partial charge >= 0.3 is 5.69 Å². The van der Waals surface area contributed by atoms with Crippen LogP contribution in [0.15, 0.2) is 21.7 Å². The quantitative estimate of drug-likeness (QED) is 0.770. The Bertz CT molecular complexity index is 981. The van der Waals surface area contributed by atoms with Gasteiger partial charge in [0, 0.05) is 25.2 Å². The van der Waals surface area contributed by atoms with E-state index in [1.165, 1.54) is 4.57 Å². The highest BCUT2D eigenvalue weighted by molar-refractivity contribution is 5.83. The molecule has 1 unspecified atom stereocenters. The SMILES string of the molecule is N[C@@H]1C2CN(c3cc4c(cc3F)c(=O)n(O)c(=O)n4C3CC3)C[C@H]21. The lowest BCUT2D eigenvalue weighted by Gasteiger charge is -2.23. The largest absolute Gasteiger partial charge is 0.421 e. The topological polar surface area (TPSA) is 93.5 Å². The standard InChI is InChI=1S/C16H17FN4O3/c17-11-3-8-12(4-13(11)19-5-9-10(6-19)14(9)18)20(7-1-2-7)16(23)21(24)15(8)22/h3-4,7,9-10,14,24H,1-2,5-6,18H2/t9-,10?,14+/m1/s1. The van der Waals surface area contributed by atoms with Crippen molar-refractivity contribution in [1.82, 2.24) is 9.30 Å². The van der Waals surface area contributed by atoms with E-state index in [0.29, 0.717) is 36.1 Å². The molecule has 2 aromatic rings. The summed E-state index contributed by atoms with van der Waals surface area (Å²) in [6.45, 7) is 1.39. The van der Waals surface area contributed by atoms with Gasteiger partial charge in [-0.1, -0.05) is 4.73 Å². The van der Waals surface area contributed by atoms with E-state index < -0.39 is 17.1 Å². The molecule has 3 N–H and O–H groups in total. The highest BCUT2D eigenvalue weighted by Crippen LogP contribution is 2.46. The number of hydrogen-bond acceptors (Lipinski definition) is 5. The molecule has 8 heteroatoms. The number of fused-ring (bicyclic) bond motifs is 2. The van der Waals surface area contributed by atoms with Crippen molar-refractivity contribution in [3.05, 3.63) is 38.8 Å². The van der Waals surface area contributed by atoms with Gasteiger partial charge in [0.25, 0.3) is 5.56 Å². The summed E-state index contributed by atoms with van der Waals surface area (Å²) in [5.74, 6) is 0.280. The second-order valence-corrected chi connectivity index (χ2v) is 7.13. The molecule has 1 aliphatic heterocycles. The molecule has 1 aromatic carbocycles. The average molecular weight is 332 g/mol. The van der Waals surface area contributed by atoms with E-state index in [2.05, 4.69) is 0 Å². The molecule has 2 heterocycles. The second kappa shape index (κ2) is 4.38. The molecule has 126 valence electrons. The molecule has 7 nitrogen and oxygen atoms in total. The maximum Gasteiger partial charge on any atom is 0.365 e. The van der Waals surface area contributed by atoms with Crippen molar-refractivity contribution in [2.45, 2.75) is 24.9 Å². The molecule has 1 saturated heterocycles. The Balaban J connectivity index is 1.72. The van der Waals surface area contributed by atoms with Crippen molar-refractivity contribution >= 4 is 16.6 Å². The summed E-state index contributed by atoms with van der Waals surface area (Å²) in [5.41, 5.74) is 5.06. The van der Waals surface area contributed by atoms with Crippen LogP contribution in [0.1, 0.15) is 18.9 Å². The second-order valence-electron chi connectivity index (χ2n) is 7.13. The molecule has 1 aromatic heterocycles. The number of benzene rings is 1. The third-order valence-electron chi connectivity index (χ3n) is 5.65. The van der Waals surface area contributed by atoms with Gasteiger partial charge in [-0.3, -0.25) is 9.36 Å². The van der Waals surface area contributed by atoms with Gasteiger partial charge in [-0.05, 0) is 36.8 Å². The smallest absolute Gasteiger partial charge is 0.365 e. The summed E-state index contributed by atoms with van der Waals surface area (Å²) in [7, 11) is 0. The first kappa shape index (κ1) is 14.0. The van der Waals surface area contributed by atoms with Gasteiger partial charge in [0.15, 0.2) is 0 Å². The monoisotopic (exact) mass is 332 g/mol. The zero-order valence-corrected chi connectivity index (χ0v) is 12.9. The first-order valence-electron chi connectivity index (χ1n) is 8.18. The van der Waals surface area contributed by atoms with Crippen LogP contribution >= 0.6 is 0 Å². The minimum absolute atomic E-state index is 0.0197. The molecule has 5 rings (SSSR count). The van der Waals surface area contributed by atoms with E-state index in [9.17, 15) is 19.2 Å². The van der Waals surface area contributed by atoms with Crippen LogP contribution in [0.3, 0.4) is 0 Å². The van der Waals surface area contributed by atoms with Crippen LogP contribution in [-0.4, -0.2) is 33.6 Å². The lowest BCUT2D eigenvalue weighted by molar-refractivity contribution is 0.157. The Morgan fingerprint density at radius 2 is 1.83 bits per heavy atom. The first-order valence-corrected chi connectivity index (χ1v) is 8.18. The van der Waals surface area contributed by atoms with E-state index >= 15 is 0 Å². The van der Waals surface area contributed by atoms with Crippen LogP contribution in [0.4, 0.5) is 10.1 Å².